The predicted octanol–water partition coefficient (Wildman–Crippen LogP) is 5.47. The third-order valence-corrected chi connectivity index (χ3v) is 11.5. The number of rotatable bonds is 5. The summed E-state index contributed by atoms with van der Waals surface area (Å²) in [7, 11) is 0. The second-order valence-electron chi connectivity index (χ2n) is 13.4. The minimum Gasteiger partial charge on any atom is -0.448 e. The SMILES string of the molecule is CC1(C)[C@@]2(C(=O)Nc3ccc(-c4ccc(NC(=O)[C@@]56CC[C@@](C)(C(=O)O5)C6(C)C)cc4)cc3)CC[C@]1(C)C(=O)O2. The van der Waals surface area contributed by atoms with Gasteiger partial charge in [-0.25, -0.2) is 0 Å². The average Bonchev–Trinajstić information content (AvgIpc) is 3.38. The molecule has 210 valence electrons. The Balaban J connectivity index is 1.13. The van der Waals surface area contributed by atoms with Crippen molar-refractivity contribution in [1.29, 1.82) is 0 Å². The Kier molecular flexibility index (Phi) is 5.28. The maximum Gasteiger partial charge on any atom is 0.313 e. The summed E-state index contributed by atoms with van der Waals surface area (Å²) >= 11 is 0. The van der Waals surface area contributed by atoms with Crippen molar-refractivity contribution in [3.05, 3.63) is 48.5 Å². The fourth-order valence-corrected chi connectivity index (χ4v) is 7.45. The first-order valence-electron chi connectivity index (χ1n) is 13.9. The van der Waals surface area contributed by atoms with Crippen LogP contribution in [0.2, 0.25) is 0 Å². The monoisotopic (exact) mass is 544 g/mol. The molecular weight excluding hydrogens is 508 g/mol. The first-order chi connectivity index (χ1) is 18.6. The first kappa shape index (κ1) is 26.5. The van der Waals surface area contributed by atoms with Crippen LogP contribution in [0.25, 0.3) is 11.1 Å². The number of hydrogen-bond donors (Lipinski definition) is 2. The number of hydrogen-bond acceptors (Lipinski definition) is 6. The van der Waals surface area contributed by atoms with Crippen LogP contribution in [0.3, 0.4) is 0 Å². The number of carbonyl (C=O) groups excluding carboxylic acids is 4. The molecule has 8 nitrogen and oxygen atoms in total. The fourth-order valence-electron chi connectivity index (χ4n) is 7.45. The van der Waals surface area contributed by atoms with E-state index >= 15 is 0 Å². The normalized spacial score (nSPS) is 34.4. The molecule has 0 spiro atoms. The lowest BCUT2D eigenvalue weighted by Crippen LogP contribution is -2.50. The molecule has 8 heteroatoms. The van der Waals surface area contributed by atoms with Gasteiger partial charge in [0.2, 0.25) is 0 Å². The molecule has 2 aromatic carbocycles. The number of esters is 2. The second-order valence-corrected chi connectivity index (χ2v) is 13.4. The van der Waals surface area contributed by atoms with E-state index < -0.39 is 32.9 Å². The Morgan fingerprint density at radius 2 is 0.900 bits per heavy atom. The smallest absolute Gasteiger partial charge is 0.313 e. The molecule has 2 heterocycles. The Labute approximate surface area is 234 Å². The van der Waals surface area contributed by atoms with Gasteiger partial charge < -0.3 is 20.1 Å². The van der Waals surface area contributed by atoms with Crippen molar-refractivity contribution in [1.82, 2.24) is 0 Å². The van der Waals surface area contributed by atoms with Crippen LogP contribution in [0.4, 0.5) is 11.4 Å². The highest BCUT2D eigenvalue weighted by molar-refractivity contribution is 6.04. The molecular formula is C32H36N2O6. The molecule has 2 aromatic rings. The summed E-state index contributed by atoms with van der Waals surface area (Å²) in [5, 5.41) is 5.91. The molecule has 4 fully saturated rings. The van der Waals surface area contributed by atoms with Gasteiger partial charge in [-0.15, -0.1) is 0 Å². The zero-order valence-corrected chi connectivity index (χ0v) is 23.9. The van der Waals surface area contributed by atoms with E-state index in [0.717, 1.165) is 11.1 Å². The van der Waals surface area contributed by atoms with Crippen LogP contribution in [0.5, 0.6) is 0 Å². The maximum absolute atomic E-state index is 13.3. The number of benzene rings is 2. The molecule has 4 atom stereocenters. The topological polar surface area (TPSA) is 111 Å². The number of nitrogens with one attached hydrogen (secondary N) is 2. The van der Waals surface area contributed by atoms with E-state index in [4.69, 9.17) is 9.47 Å². The number of anilines is 2. The lowest BCUT2D eigenvalue weighted by atomic mass is 9.66. The quantitative estimate of drug-likeness (QED) is 0.483. The molecule has 6 rings (SSSR count). The lowest BCUT2D eigenvalue weighted by Gasteiger charge is -2.35. The summed E-state index contributed by atoms with van der Waals surface area (Å²) in [6, 6.07) is 14.9. The molecule has 0 unspecified atom stereocenters. The first-order valence-corrected chi connectivity index (χ1v) is 13.9. The molecule has 40 heavy (non-hydrogen) atoms. The van der Waals surface area contributed by atoms with E-state index in [1.54, 1.807) is 0 Å². The van der Waals surface area contributed by atoms with E-state index in [1.807, 2.05) is 90.1 Å². The zero-order valence-electron chi connectivity index (χ0n) is 23.9. The van der Waals surface area contributed by atoms with Crippen LogP contribution in [0.1, 0.15) is 67.2 Å². The van der Waals surface area contributed by atoms with Gasteiger partial charge >= 0.3 is 11.9 Å². The van der Waals surface area contributed by atoms with Crippen LogP contribution >= 0.6 is 0 Å². The molecule has 2 amide bonds. The van der Waals surface area contributed by atoms with E-state index in [9.17, 15) is 19.2 Å². The van der Waals surface area contributed by atoms with Gasteiger partial charge in [-0.3, -0.25) is 19.2 Å². The molecule has 0 radical (unpaired) electrons. The van der Waals surface area contributed by atoms with Crippen LogP contribution < -0.4 is 10.6 Å². The van der Waals surface area contributed by atoms with Gasteiger partial charge in [-0.2, -0.15) is 0 Å². The number of ether oxygens (including phenoxy) is 2. The van der Waals surface area contributed by atoms with Gasteiger partial charge in [0, 0.05) is 22.2 Å². The van der Waals surface area contributed by atoms with Crippen LogP contribution in [0.15, 0.2) is 48.5 Å². The van der Waals surface area contributed by atoms with Crippen molar-refractivity contribution in [2.24, 2.45) is 21.7 Å². The van der Waals surface area contributed by atoms with E-state index in [1.165, 1.54) is 0 Å². The highest BCUT2D eigenvalue weighted by Gasteiger charge is 2.76. The summed E-state index contributed by atoms with van der Waals surface area (Å²) in [6.07, 6.45) is 2.28. The highest BCUT2D eigenvalue weighted by atomic mass is 16.6. The standard InChI is InChI=1S/C32H36N2O6/c1-27(2)29(5)15-17-31(27,39-25(29)37)23(35)33-21-11-7-19(8-12-21)20-9-13-22(14-10-20)34-24(36)32-18-16-30(6,26(38)40-32)28(32,3)4/h7-14H,15-18H2,1-6H3,(H,33,35)(H,34,36)/t29-,30+,31+,32-. The third kappa shape index (κ3) is 3.02. The van der Waals surface area contributed by atoms with Gasteiger partial charge in [0.15, 0.2) is 11.2 Å². The van der Waals surface area contributed by atoms with E-state index in [-0.39, 0.29) is 23.8 Å². The van der Waals surface area contributed by atoms with Crippen molar-refractivity contribution in [2.45, 2.75) is 78.4 Å². The van der Waals surface area contributed by atoms with Gasteiger partial charge in [-0.1, -0.05) is 52.0 Å². The molecule has 2 saturated heterocycles. The maximum atomic E-state index is 13.3. The van der Waals surface area contributed by atoms with Gasteiger partial charge in [0.05, 0.1) is 10.8 Å². The molecule has 0 aromatic heterocycles. The number of fused-ring (bicyclic) bond motifs is 4. The lowest BCUT2D eigenvalue weighted by molar-refractivity contribution is -0.166. The average molecular weight is 545 g/mol. The Bertz CT molecular complexity index is 1350. The Morgan fingerprint density at radius 1 is 0.575 bits per heavy atom. The molecule has 2 N–H and O–H groups in total. The molecule has 2 saturated carbocycles. The summed E-state index contributed by atoms with van der Waals surface area (Å²) in [4.78, 5) is 51.7. The molecule has 2 aliphatic carbocycles. The van der Waals surface area contributed by atoms with Crippen molar-refractivity contribution < 1.29 is 28.7 Å². The minimum absolute atomic E-state index is 0.293. The second kappa shape index (κ2) is 7.95. The minimum atomic E-state index is -1.17. The Morgan fingerprint density at radius 3 is 1.15 bits per heavy atom. The van der Waals surface area contributed by atoms with Crippen molar-refractivity contribution in [3.63, 3.8) is 0 Å². The Hall–Kier alpha value is -3.68. The van der Waals surface area contributed by atoms with Crippen LogP contribution in [-0.4, -0.2) is 35.0 Å². The van der Waals surface area contributed by atoms with Crippen molar-refractivity contribution >= 4 is 35.1 Å². The summed E-state index contributed by atoms with van der Waals surface area (Å²) in [6.45, 7) is 11.5. The van der Waals surface area contributed by atoms with Gasteiger partial charge in [0.25, 0.3) is 11.8 Å². The summed E-state index contributed by atoms with van der Waals surface area (Å²) < 4.78 is 11.4. The molecule has 4 aliphatic rings. The fraction of sp³-hybridized carbons (Fsp3) is 0.500. The molecule has 4 bridgehead atoms. The van der Waals surface area contributed by atoms with E-state index in [2.05, 4.69) is 10.6 Å². The third-order valence-electron chi connectivity index (χ3n) is 11.5. The van der Waals surface area contributed by atoms with Crippen molar-refractivity contribution in [2.75, 3.05) is 10.6 Å². The predicted molar refractivity (Wildman–Crippen MR) is 149 cm³/mol. The van der Waals surface area contributed by atoms with Crippen LogP contribution in [-0.2, 0) is 28.7 Å². The highest BCUT2D eigenvalue weighted by Crippen LogP contribution is 2.66. The number of amides is 2. The largest absolute Gasteiger partial charge is 0.448 e. The van der Waals surface area contributed by atoms with Crippen LogP contribution in [0, 0.1) is 21.7 Å². The van der Waals surface area contributed by atoms with Gasteiger partial charge in [-0.05, 0) is 74.9 Å². The summed E-state index contributed by atoms with van der Waals surface area (Å²) in [5.74, 6) is -1.19. The summed E-state index contributed by atoms with van der Waals surface area (Å²) in [5.41, 5.74) is -1.75. The number of carbonyl (C=O) groups is 4. The van der Waals surface area contributed by atoms with E-state index in [0.29, 0.717) is 37.1 Å². The molecule has 2 aliphatic heterocycles. The van der Waals surface area contributed by atoms with Crippen molar-refractivity contribution in [3.8, 4) is 11.1 Å². The van der Waals surface area contributed by atoms with Gasteiger partial charge in [0.1, 0.15) is 0 Å². The zero-order chi connectivity index (χ0) is 28.9.